The first kappa shape index (κ1) is 8.35. The van der Waals surface area contributed by atoms with E-state index in [4.69, 9.17) is 11.6 Å². The third-order valence-electron chi connectivity index (χ3n) is 2.14. The van der Waals surface area contributed by atoms with Gasteiger partial charge >= 0.3 is 0 Å². The van der Waals surface area contributed by atoms with Gasteiger partial charge < -0.3 is 5.32 Å². The Morgan fingerprint density at radius 2 is 2.20 bits per heavy atom. The Balaban J connectivity index is 2.01. The molecule has 0 aromatic carbocycles. The van der Waals surface area contributed by atoms with Crippen LogP contribution in [-0.2, 0) is 0 Å². The number of hydrogen-bond acceptors (Lipinski definition) is 1. The van der Waals surface area contributed by atoms with E-state index in [1.165, 1.54) is 25.7 Å². The van der Waals surface area contributed by atoms with Crippen molar-refractivity contribution in [3.8, 4) is 0 Å². The van der Waals surface area contributed by atoms with Crippen LogP contribution in [0.5, 0.6) is 0 Å². The maximum Gasteiger partial charge on any atom is 0.0406 e. The molecule has 1 N–H and O–H groups in total. The normalized spacial score (nSPS) is 21.0. The van der Waals surface area contributed by atoms with Crippen LogP contribution in [0, 0.1) is 0 Å². The molecule has 1 rings (SSSR count). The third kappa shape index (κ3) is 2.14. The Hall–Kier alpha value is 0.250. The molecule has 1 nitrogen and oxygen atoms in total. The fraction of sp³-hybridized carbons (Fsp3) is 1.00. The Kier molecular flexibility index (Phi) is 2.99. The maximum atomic E-state index is 5.77. The largest absolute Gasteiger partial charge is 0.310 e. The summed E-state index contributed by atoms with van der Waals surface area (Å²) < 4.78 is 0. The quantitative estimate of drug-likeness (QED) is 0.482. The molecule has 10 heavy (non-hydrogen) atoms. The van der Waals surface area contributed by atoms with Crippen molar-refractivity contribution in [3.63, 3.8) is 0 Å². The lowest BCUT2D eigenvalue weighted by molar-refractivity contribution is 0.528. The molecule has 0 unspecified atom stereocenters. The predicted molar refractivity (Wildman–Crippen MR) is 45.6 cm³/mol. The second-order valence-corrected chi connectivity index (χ2v) is 3.46. The van der Waals surface area contributed by atoms with E-state index >= 15 is 0 Å². The maximum absolute atomic E-state index is 5.77. The van der Waals surface area contributed by atoms with Crippen molar-refractivity contribution in [1.29, 1.82) is 0 Å². The number of rotatable bonds is 5. The number of unbranched alkanes of at least 4 members (excludes halogenated alkanes) is 1. The van der Waals surface area contributed by atoms with Gasteiger partial charge in [0.1, 0.15) is 0 Å². The van der Waals surface area contributed by atoms with Gasteiger partial charge in [-0.15, -0.1) is 11.6 Å². The molecule has 0 spiro atoms. The number of alkyl halides is 1. The zero-order valence-electron chi connectivity index (χ0n) is 6.62. The molecule has 0 amide bonds. The van der Waals surface area contributed by atoms with Crippen LogP contribution < -0.4 is 5.32 Å². The highest BCUT2D eigenvalue weighted by molar-refractivity contribution is 6.18. The van der Waals surface area contributed by atoms with Crippen LogP contribution in [0.2, 0.25) is 0 Å². The van der Waals surface area contributed by atoms with Crippen LogP contribution in [0.1, 0.15) is 32.6 Å². The van der Waals surface area contributed by atoms with Crippen LogP contribution in [0.3, 0.4) is 0 Å². The molecule has 0 atom stereocenters. The minimum atomic E-state index is 0.358. The Morgan fingerprint density at radius 3 is 2.60 bits per heavy atom. The van der Waals surface area contributed by atoms with Crippen LogP contribution in [0.4, 0.5) is 0 Å². The fourth-order valence-electron chi connectivity index (χ4n) is 1.04. The van der Waals surface area contributed by atoms with Crippen LogP contribution >= 0.6 is 11.6 Å². The highest BCUT2D eigenvalue weighted by Gasteiger charge is 2.40. The fourth-order valence-corrected chi connectivity index (χ4v) is 1.40. The predicted octanol–water partition coefficient (Wildman–Crippen LogP) is 2.15. The van der Waals surface area contributed by atoms with Gasteiger partial charge in [0.25, 0.3) is 0 Å². The molecule has 2 heteroatoms. The lowest BCUT2D eigenvalue weighted by Gasteiger charge is -2.12. The van der Waals surface area contributed by atoms with Gasteiger partial charge in [0.15, 0.2) is 0 Å². The summed E-state index contributed by atoms with van der Waals surface area (Å²) >= 11 is 5.77. The molecular weight excluding hydrogens is 146 g/mol. The van der Waals surface area contributed by atoms with Crippen molar-refractivity contribution in [2.24, 2.45) is 0 Å². The lowest BCUT2D eigenvalue weighted by Crippen LogP contribution is -2.33. The smallest absolute Gasteiger partial charge is 0.0406 e. The minimum absolute atomic E-state index is 0.358. The van der Waals surface area contributed by atoms with Gasteiger partial charge in [-0.2, -0.15) is 0 Å². The molecule has 1 saturated carbocycles. The summed E-state index contributed by atoms with van der Waals surface area (Å²) in [7, 11) is 0. The number of hydrogen-bond donors (Lipinski definition) is 1. The summed E-state index contributed by atoms with van der Waals surface area (Å²) in [5.74, 6) is 0.788. The molecular formula is C8H16ClN. The van der Waals surface area contributed by atoms with E-state index in [2.05, 4.69) is 12.2 Å². The van der Waals surface area contributed by atoms with E-state index in [1.54, 1.807) is 0 Å². The summed E-state index contributed by atoms with van der Waals surface area (Å²) in [6.45, 7) is 3.35. The highest BCUT2D eigenvalue weighted by atomic mass is 35.5. The van der Waals surface area contributed by atoms with Crippen molar-refractivity contribution < 1.29 is 0 Å². The van der Waals surface area contributed by atoms with Crippen molar-refractivity contribution in [1.82, 2.24) is 5.32 Å². The van der Waals surface area contributed by atoms with Crippen LogP contribution in [-0.4, -0.2) is 18.0 Å². The van der Waals surface area contributed by atoms with Crippen molar-refractivity contribution in [3.05, 3.63) is 0 Å². The summed E-state index contributed by atoms with van der Waals surface area (Å²) in [6.07, 6.45) is 5.10. The SMILES string of the molecule is CCCCNC1(CCl)CC1. The molecule has 1 aliphatic rings. The minimum Gasteiger partial charge on any atom is -0.310 e. The molecule has 0 aliphatic heterocycles. The molecule has 1 aliphatic carbocycles. The van der Waals surface area contributed by atoms with E-state index in [1.807, 2.05) is 0 Å². The monoisotopic (exact) mass is 161 g/mol. The summed E-state index contributed by atoms with van der Waals surface area (Å²) in [6, 6.07) is 0. The first-order chi connectivity index (χ1) is 4.83. The average Bonchev–Trinajstić information content (AvgIpc) is 2.70. The van der Waals surface area contributed by atoms with Gasteiger partial charge in [0, 0.05) is 11.4 Å². The Morgan fingerprint density at radius 1 is 1.50 bits per heavy atom. The van der Waals surface area contributed by atoms with Gasteiger partial charge in [-0.05, 0) is 25.8 Å². The molecule has 0 radical (unpaired) electrons. The van der Waals surface area contributed by atoms with Gasteiger partial charge in [-0.3, -0.25) is 0 Å². The Bertz CT molecular complexity index is 99.4. The van der Waals surface area contributed by atoms with E-state index < -0.39 is 0 Å². The Labute approximate surface area is 68.1 Å². The molecule has 0 saturated heterocycles. The summed E-state index contributed by atoms with van der Waals surface area (Å²) in [5, 5.41) is 3.49. The highest BCUT2D eigenvalue weighted by Crippen LogP contribution is 2.36. The topological polar surface area (TPSA) is 12.0 Å². The van der Waals surface area contributed by atoms with Crippen LogP contribution in [0.25, 0.3) is 0 Å². The molecule has 1 fully saturated rings. The average molecular weight is 162 g/mol. The standard InChI is InChI=1S/C8H16ClN/c1-2-3-6-10-8(7-9)4-5-8/h10H,2-7H2,1H3. The van der Waals surface area contributed by atoms with E-state index in [0.717, 1.165) is 12.4 Å². The number of halogens is 1. The molecule has 0 aromatic rings. The van der Waals surface area contributed by atoms with Gasteiger partial charge in [0.2, 0.25) is 0 Å². The summed E-state index contributed by atoms with van der Waals surface area (Å²) in [4.78, 5) is 0. The third-order valence-corrected chi connectivity index (χ3v) is 2.65. The second-order valence-electron chi connectivity index (χ2n) is 3.19. The first-order valence-corrected chi connectivity index (χ1v) is 4.67. The van der Waals surface area contributed by atoms with Gasteiger partial charge in [-0.25, -0.2) is 0 Å². The first-order valence-electron chi connectivity index (χ1n) is 4.14. The van der Waals surface area contributed by atoms with E-state index in [0.29, 0.717) is 5.54 Å². The molecule has 60 valence electrons. The second kappa shape index (κ2) is 3.59. The van der Waals surface area contributed by atoms with Gasteiger partial charge in [-0.1, -0.05) is 13.3 Å². The lowest BCUT2D eigenvalue weighted by atomic mass is 10.3. The van der Waals surface area contributed by atoms with Crippen molar-refractivity contribution >= 4 is 11.6 Å². The zero-order valence-corrected chi connectivity index (χ0v) is 7.38. The molecule has 0 bridgehead atoms. The molecule has 0 aromatic heterocycles. The van der Waals surface area contributed by atoms with Crippen molar-refractivity contribution in [2.75, 3.05) is 12.4 Å². The van der Waals surface area contributed by atoms with E-state index in [-0.39, 0.29) is 0 Å². The number of nitrogens with one attached hydrogen (secondary N) is 1. The van der Waals surface area contributed by atoms with Gasteiger partial charge in [0.05, 0.1) is 0 Å². The zero-order chi connectivity index (χ0) is 7.45. The van der Waals surface area contributed by atoms with Crippen molar-refractivity contribution in [2.45, 2.75) is 38.1 Å². The molecule has 0 heterocycles. The van der Waals surface area contributed by atoms with E-state index in [9.17, 15) is 0 Å². The summed E-state index contributed by atoms with van der Waals surface area (Å²) in [5.41, 5.74) is 0.358. The van der Waals surface area contributed by atoms with Crippen LogP contribution in [0.15, 0.2) is 0 Å².